The van der Waals surface area contributed by atoms with Gasteiger partial charge in [0, 0.05) is 37.4 Å². The van der Waals surface area contributed by atoms with E-state index in [2.05, 4.69) is 5.32 Å². The Labute approximate surface area is 183 Å². The third kappa shape index (κ3) is 6.01. The normalized spacial score (nSPS) is 16.9. The van der Waals surface area contributed by atoms with Gasteiger partial charge in [-0.1, -0.05) is 29.8 Å². The molecule has 1 saturated heterocycles. The third-order valence-electron chi connectivity index (χ3n) is 5.03. The lowest BCUT2D eigenvalue weighted by atomic mass is 10.0. The van der Waals surface area contributed by atoms with E-state index in [1.807, 2.05) is 31.2 Å². The fraction of sp³-hybridized carbons (Fsp3) is 0.364. The molecule has 3 N–H and O–H groups in total. The van der Waals surface area contributed by atoms with Crippen molar-refractivity contribution in [3.63, 3.8) is 0 Å². The lowest BCUT2D eigenvalue weighted by molar-refractivity contribution is -0.136. The number of nitrogens with two attached hydrogens (primary N) is 1. The van der Waals surface area contributed by atoms with Gasteiger partial charge < -0.3 is 16.0 Å². The van der Waals surface area contributed by atoms with Crippen LogP contribution in [0.3, 0.4) is 0 Å². The quantitative estimate of drug-likeness (QED) is 0.635. The number of amides is 2. The molecule has 2 unspecified atom stereocenters. The van der Waals surface area contributed by atoms with Crippen LogP contribution in [-0.2, 0) is 22.6 Å². The van der Waals surface area contributed by atoms with Crippen LogP contribution in [0.15, 0.2) is 36.4 Å². The molecule has 5 nitrogen and oxygen atoms in total. The molecule has 3 rings (SSSR count). The van der Waals surface area contributed by atoms with Crippen LogP contribution in [0.5, 0.6) is 0 Å². The highest BCUT2D eigenvalue weighted by Gasteiger charge is 2.35. The van der Waals surface area contributed by atoms with Crippen LogP contribution >= 0.6 is 11.8 Å². The number of benzene rings is 2. The van der Waals surface area contributed by atoms with Gasteiger partial charge in [0.1, 0.15) is 5.82 Å². The topological polar surface area (TPSA) is 75.4 Å². The van der Waals surface area contributed by atoms with Gasteiger partial charge in [0.2, 0.25) is 5.91 Å². The van der Waals surface area contributed by atoms with Crippen LogP contribution in [0.25, 0.3) is 0 Å². The summed E-state index contributed by atoms with van der Waals surface area (Å²) in [4.78, 5) is 26.8. The van der Waals surface area contributed by atoms with Crippen molar-refractivity contribution < 1.29 is 22.8 Å². The third-order valence-corrected chi connectivity index (χ3v) is 6.23. The maximum atomic E-state index is 13.8. The van der Waals surface area contributed by atoms with Crippen LogP contribution < -0.4 is 11.1 Å². The van der Waals surface area contributed by atoms with Gasteiger partial charge in [-0.15, -0.1) is 11.8 Å². The summed E-state index contributed by atoms with van der Waals surface area (Å²) >= 11 is 1.36. The summed E-state index contributed by atoms with van der Waals surface area (Å²) in [6.45, 7) is 2.73. The number of hydrogen-bond acceptors (Lipinski definition) is 4. The summed E-state index contributed by atoms with van der Waals surface area (Å²) in [5.41, 5.74) is 7.94. The molecular formula is C22H24F3N3O2S. The molecule has 1 fully saturated rings. The van der Waals surface area contributed by atoms with Crippen LogP contribution in [0.1, 0.15) is 23.1 Å². The van der Waals surface area contributed by atoms with Crippen LogP contribution in [0.2, 0.25) is 0 Å². The molecule has 2 amide bonds. The predicted molar refractivity (Wildman–Crippen MR) is 114 cm³/mol. The van der Waals surface area contributed by atoms with Gasteiger partial charge in [-0.3, -0.25) is 9.59 Å². The molecule has 2 atom stereocenters. The average Bonchev–Trinajstić information content (AvgIpc) is 3.21. The standard InChI is InChI=1S/C22H24F3N3O2S/c1-13-2-4-14(5-3-13)12-27-21(30)22-28(6-7-31-22)20(29)10-16(26)8-15-9-18(24)19(25)11-17(15)23/h2-5,9,11,16,22H,6-8,10,12,26H2,1H3,(H,27,30). The van der Waals surface area contributed by atoms with Gasteiger partial charge in [0.15, 0.2) is 17.0 Å². The van der Waals surface area contributed by atoms with Crippen molar-refractivity contribution in [3.05, 3.63) is 70.5 Å². The molecule has 9 heteroatoms. The first-order chi connectivity index (χ1) is 14.7. The minimum absolute atomic E-state index is 0.0950. The molecule has 0 spiro atoms. The smallest absolute Gasteiger partial charge is 0.253 e. The summed E-state index contributed by atoms with van der Waals surface area (Å²) in [6.07, 6.45) is -0.263. The molecule has 0 aliphatic carbocycles. The summed E-state index contributed by atoms with van der Waals surface area (Å²) in [7, 11) is 0. The Hall–Kier alpha value is -2.52. The fourth-order valence-corrected chi connectivity index (χ4v) is 4.50. The first-order valence-corrected chi connectivity index (χ1v) is 10.9. The second-order valence-corrected chi connectivity index (χ2v) is 8.73. The van der Waals surface area contributed by atoms with Crippen molar-refractivity contribution in [2.24, 2.45) is 5.73 Å². The van der Waals surface area contributed by atoms with E-state index in [1.165, 1.54) is 16.7 Å². The Kier molecular flexibility index (Phi) is 7.61. The Morgan fingerprint density at radius 2 is 1.84 bits per heavy atom. The SMILES string of the molecule is Cc1ccc(CNC(=O)C2SCCN2C(=O)CC(N)Cc2cc(F)c(F)cc2F)cc1. The molecule has 0 aromatic heterocycles. The number of carbonyl (C=O) groups is 2. The Bertz CT molecular complexity index is 956. The van der Waals surface area contributed by atoms with Gasteiger partial charge in [-0.25, -0.2) is 13.2 Å². The van der Waals surface area contributed by atoms with E-state index in [9.17, 15) is 22.8 Å². The first kappa shape index (κ1) is 23.1. The molecular weight excluding hydrogens is 427 g/mol. The lowest BCUT2D eigenvalue weighted by Crippen LogP contribution is -2.46. The van der Waals surface area contributed by atoms with Crippen molar-refractivity contribution in [1.29, 1.82) is 0 Å². The van der Waals surface area contributed by atoms with E-state index in [4.69, 9.17) is 5.73 Å². The van der Waals surface area contributed by atoms with E-state index in [0.29, 0.717) is 24.9 Å². The average molecular weight is 452 g/mol. The molecule has 1 aliphatic heterocycles. The molecule has 166 valence electrons. The number of nitrogens with zero attached hydrogens (tertiary/aromatic N) is 1. The highest BCUT2D eigenvalue weighted by atomic mass is 32.2. The summed E-state index contributed by atoms with van der Waals surface area (Å²) < 4.78 is 40.3. The van der Waals surface area contributed by atoms with E-state index in [1.54, 1.807) is 0 Å². The largest absolute Gasteiger partial charge is 0.349 e. The summed E-state index contributed by atoms with van der Waals surface area (Å²) in [5, 5.41) is 2.18. The lowest BCUT2D eigenvalue weighted by Gasteiger charge is -2.24. The van der Waals surface area contributed by atoms with Crippen LogP contribution in [0, 0.1) is 24.4 Å². The highest BCUT2D eigenvalue weighted by molar-refractivity contribution is 8.00. The van der Waals surface area contributed by atoms with Gasteiger partial charge in [0.05, 0.1) is 0 Å². The maximum Gasteiger partial charge on any atom is 0.253 e. The Balaban J connectivity index is 1.55. The molecule has 0 bridgehead atoms. The van der Waals surface area contributed by atoms with Gasteiger partial charge in [-0.2, -0.15) is 0 Å². The number of aryl methyl sites for hydroxylation is 1. The molecule has 0 radical (unpaired) electrons. The fourth-order valence-electron chi connectivity index (χ4n) is 3.34. The molecule has 2 aromatic rings. The number of thioether (sulfide) groups is 1. The second kappa shape index (κ2) is 10.2. The van der Waals surface area contributed by atoms with Crippen molar-refractivity contribution in [1.82, 2.24) is 10.2 Å². The van der Waals surface area contributed by atoms with E-state index >= 15 is 0 Å². The van der Waals surface area contributed by atoms with Crippen molar-refractivity contribution in [3.8, 4) is 0 Å². The van der Waals surface area contributed by atoms with Crippen molar-refractivity contribution >= 4 is 23.6 Å². The molecule has 1 heterocycles. The zero-order valence-corrected chi connectivity index (χ0v) is 17.9. The predicted octanol–water partition coefficient (Wildman–Crippen LogP) is 2.89. The monoisotopic (exact) mass is 451 g/mol. The van der Waals surface area contributed by atoms with Crippen molar-refractivity contribution in [2.45, 2.75) is 37.7 Å². The van der Waals surface area contributed by atoms with Crippen molar-refractivity contribution in [2.75, 3.05) is 12.3 Å². The maximum absolute atomic E-state index is 13.8. The number of hydrogen-bond donors (Lipinski definition) is 2. The Morgan fingerprint density at radius 3 is 2.55 bits per heavy atom. The second-order valence-electron chi connectivity index (χ2n) is 7.54. The van der Waals surface area contributed by atoms with E-state index in [0.717, 1.165) is 17.2 Å². The molecule has 2 aromatic carbocycles. The van der Waals surface area contributed by atoms with Gasteiger partial charge in [-0.05, 0) is 30.5 Å². The summed E-state index contributed by atoms with van der Waals surface area (Å²) in [5.74, 6) is -3.35. The van der Waals surface area contributed by atoms with Crippen LogP contribution in [0.4, 0.5) is 13.2 Å². The van der Waals surface area contributed by atoms with E-state index in [-0.39, 0.29) is 30.2 Å². The van der Waals surface area contributed by atoms with Gasteiger partial charge >= 0.3 is 0 Å². The number of nitrogens with one attached hydrogen (secondary N) is 1. The zero-order valence-electron chi connectivity index (χ0n) is 17.0. The van der Waals surface area contributed by atoms with E-state index < -0.39 is 28.9 Å². The minimum atomic E-state index is -1.28. The molecule has 31 heavy (non-hydrogen) atoms. The molecule has 1 aliphatic rings. The van der Waals surface area contributed by atoms with Crippen LogP contribution in [-0.4, -0.2) is 40.4 Å². The number of carbonyl (C=O) groups excluding carboxylic acids is 2. The summed E-state index contributed by atoms with van der Waals surface area (Å²) in [6, 6.07) is 8.19. The number of halogens is 3. The Morgan fingerprint density at radius 1 is 1.16 bits per heavy atom. The number of rotatable bonds is 7. The minimum Gasteiger partial charge on any atom is -0.349 e. The first-order valence-electron chi connectivity index (χ1n) is 9.88. The highest BCUT2D eigenvalue weighted by Crippen LogP contribution is 2.25. The van der Waals surface area contributed by atoms with Gasteiger partial charge in [0.25, 0.3) is 5.91 Å². The zero-order chi connectivity index (χ0) is 22.5. The molecule has 0 saturated carbocycles.